The first-order chi connectivity index (χ1) is 19.2. The minimum Gasteiger partial charge on any atom is -0.481 e. The number of hydrogen-bond acceptors (Lipinski definition) is 13. The molecule has 0 saturated heterocycles. The monoisotopic (exact) mass is 571 g/mol. The second-order valence-corrected chi connectivity index (χ2v) is 8.07. The standard InChI is InChI=1S/C25H53N3O11/c26-2-8-32-14-20-38-23-17-35-11-5-28(6-12-36-18-24-39-21-15-33-9-3-27)4-10-34-16-22-37-19-13-31-7-1-25(29)30/h1-24,26-27H2,(H,29,30). The minimum atomic E-state index is -0.875. The van der Waals surface area contributed by atoms with E-state index in [1.165, 1.54) is 0 Å². The number of carbonyl (C=O) groups is 1. The second kappa shape index (κ2) is 33.2. The summed E-state index contributed by atoms with van der Waals surface area (Å²) < 4.78 is 49.1. The molecule has 5 N–H and O–H groups in total. The molecule has 0 heterocycles. The van der Waals surface area contributed by atoms with E-state index >= 15 is 0 Å². The number of carboxylic acids is 1. The number of hydrogen-bond donors (Lipinski definition) is 3. The zero-order chi connectivity index (χ0) is 28.5. The Morgan fingerprint density at radius 1 is 0.436 bits per heavy atom. The summed E-state index contributed by atoms with van der Waals surface area (Å²) in [7, 11) is 0. The maximum absolute atomic E-state index is 10.4. The normalized spacial score (nSPS) is 11.6. The quantitative estimate of drug-likeness (QED) is 0.0788. The molecule has 0 aromatic carbocycles. The minimum absolute atomic E-state index is 0.00659. The number of rotatable bonds is 34. The molecule has 0 spiro atoms. The van der Waals surface area contributed by atoms with E-state index in [-0.39, 0.29) is 13.0 Å². The number of aliphatic carboxylic acids is 1. The van der Waals surface area contributed by atoms with Crippen LogP contribution in [0.25, 0.3) is 0 Å². The highest BCUT2D eigenvalue weighted by atomic mass is 16.6. The van der Waals surface area contributed by atoms with Crippen LogP contribution in [0.1, 0.15) is 6.42 Å². The molecule has 0 atom stereocenters. The molecule has 0 fully saturated rings. The molecule has 14 heteroatoms. The van der Waals surface area contributed by atoms with E-state index in [1.54, 1.807) is 0 Å². The van der Waals surface area contributed by atoms with Crippen molar-refractivity contribution < 1.29 is 52.5 Å². The van der Waals surface area contributed by atoms with Crippen molar-refractivity contribution in [1.82, 2.24) is 4.90 Å². The molecule has 0 aliphatic heterocycles. The van der Waals surface area contributed by atoms with E-state index in [0.717, 1.165) is 19.6 Å². The zero-order valence-electron chi connectivity index (χ0n) is 23.6. The molecule has 14 nitrogen and oxygen atoms in total. The molecule has 0 amide bonds. The maximum Gasteiger partial charge on any atom is 0.305 e. The van der Waals surface area contributed by atoms with Crippen molar-refractivity contribution in [3.8, 4) is 0 Å². The Bertz CT molecular complexity index is 472. The van der Waals surface area contributed by atoms with Crippen molar-refractivity contribution >= 4 is 5.97 Å². The van der Waals surface area contributed by atoms with Crippen molar-refractivity contribution in [3.05, 3.63) is 0 Å². The third-order valence-corrected chi connectivity index (χ3v) is 4.87. The van der Waals surface area contributed by atoms with Gasteiger partial charge in [-0.3, -0.25) is 9.69 Å². The number of nitrogens with zero attached hydrogens (tertiary/aromatic N) is 1. The van der Waals surface area contributed by atoms with E-state index < -0.39 is 5.97 Å². The summed E-state index contributed by atoms with van der Waals surface area (Å²) in [5, 5.41) is 8.55. The van der Waals surface area contributed by atoms with Gasteiger partial charge in [0.2, 0.25) is 0 Å². The fourth-order valence-electron chi connectivity index (χ4n) is 2.87. The molecule has 0 aliphatic carbocycles. The summed E-state index contributed by atoms with van der Waals surface area (Å²) >= 11 is 0. The van der Waals surface area contributed by atoms with E-state index in [1.807, 2.05) is 0 Å². The Kier molecular flexibility index (Phi) is 32.3. The van der Waals surface area contributed by atoms with Crippen LogP contribution in [-0.4, -0.2) is 168 Å². The summed E-state index contributed by atoms with van der Waals surface area (Å²) in [5.41, 5.74) is 10.7. The lowest BCUT2D eigenvalue weighted by molar-refractivity contribution is -0.138. The topological polar surface area (TPSA) is 176 Å². The highest BCUT2D eigenvalue weighted by molar-refractivity contribution is 5.66. The lowest BCUT2D eigenvalue weighted by atomic mass is 10.4. The van der Waals surface area contributed by atoms with Crippen molar-refractivity contribution in [2.45, 2.75) is 6.42 Å². The van der Waals surface area contributed by atoms with E-state index in [0.29, 0.717) is 125 Å². The van der Waals surface area contributed by atoms with Gasteiger partial charge in [0.1, 0.15) is 0 Å². The number of ether oxygens (including phenoxy) is 9. The Balaban J connectivity index is 3.89. The largest absolute Gasteiger partial charge is 0.481 e. The number of nitrogens with two attached hydrogens (primary N) is 2. The average molecular weight is 572 g/mol. The molecular weight excluding hydrogens is 518 g/mol. The van der Waals surface area contributed by atoms with Crippen LogP contribution in [0, 0.1) is 0 Å². The van der Waals surface area contributed by atoms with Crippen LogP contribution in [0.5, 0.6) is 0 Å². The van der Waals surface area contributed by atoms with Crippen LogP contribution in [0.15, 0.2) is 0 Å². The third-order valence-electron chi connectivity index (χ3n) is 4.87. The van der Waals surface area contributed by atoms with Crippen LogP contribution in [0.2, 0.25) is 0 Å². The predicted octanol–water partition coefficient (Wildman–Crippen LogP) is -1.17. The van der Waals surface area contributed by atoms with Crippen molar-refractivity contribution in [1.29, 1.82) is 0 Å². The first-order valence-electron chi connectivity index (χ1n) is 13.7. The highest BCUT2D eigenvalue weighted by Crippen LogP contribution is 1.93. The SMILES string of the molecule is NCCOCCOCCOCCN(CCOCCOCCOCCN)CCOCCOCCOCCC(=O)O. The lowest BCUT2D eigenvalue weighted by Crippen LogP contribution is -2.34. The van der Waals surface area contributed by atoms with Gasteiger partial charge >= 0.3 is 5.97 Å². The van der Waals surface area contributed by atoms with Crippen LogP contribution in [0.4, 0.5) is 0 Å². The summed E-state index contributed by atoms with van der Waals surface area (Å²) in [5.74, 6) is -0.875. The molecule has 0 bridgehead atoms. The van der Waals surface area contributed by atoms with E-state index in [2.05, 4.69) is 4.90 Å². The smallest absolute Gasteiger partial charge is 0.305 e. The molecule has 0 aromatic heterocycles. The predicted molar refractivity (Wildman–Crippen MR) is 144 cm³/mol. The van der Waals surface area contributed by atoms with Gasteiger partial charge in [-0.2, -0.15) is 0 Å². The van der Waals surface area contributed by atoms with Gasteiger partial charge < -0.3 is 59.2 Å². The van der Waals surface area contributed by atoms with E-state index in [4.69, 9.17) is 59.2 Å². The fourth-order valence-corrected chi connectivity index (χ4v) is 2.87. The molecule has 0 unspecified atom stereocenters. The summed E-state index contributed by atoms with van der Waals surface area (Å²) in [6.45, 7) is 12.0. The van der Waals surface area contributed by atoms with Crippen molar-refractivity contribution in [2.75, 3.05) is 152 Å². The molecule has 0 aliphatic rings. The second-order valence-electron chi connectivity index (χ2n) is 8.07. The molecule has 39 heavy (non-hydrogen) atoms. The summed E-state index contributed by atoms with van der Waals surface area (Å²) in [4.78, 5) is 12.6. The first kappa shape index (κ1) is 38.0. The Labute approximate surface area is 233 Å². The van der Waals surface area contributed by atoms with Crippen molar-refractivity contribution in [2.24, 2.45) is 11.5 Å². The third kappa shape index (κ3) is 33.1. The fraction of sp³-hybridized carbons (Fsp3) is 0.960. The summed E-state index contributed by atoms with van der Waals surface area (Å²) in [6, 6.07) is 0. The van der Waals surface area contributed by atoms with Crippen LogP contribution >= 0.6 is 0 Å². The Morgan fingerprint density at radius 3 is 0.974 bits per heavy atom. The molecular formula is C25H53N3O11. The average Bonchev–Trinajstić information content (AvgIpc) is 2.93. The molecule has 234 valence electrons. The van der Waals surface area contributed by atoms with Crippen LogP contribution in [0.3, 0.4) is 0 Å². The highest BCUT2D eigenvalue weighted by Gasteiger charge is 2.06. The van der Waals surface area contributed by atoms with Crippen LogP contribution in [-0.2, 0) is 47.4 Å². The molecule has 0 saturated carbocycles. The molecule has 0 radical (unpaired) electrons. The van der Waals surface area contributed by atoms with Gasteiger partial charge in [0, 0.05) is 32.7 Å². The zero-order valence-corrected chi connectivity index (χ0v) is 23.6. The van der Waals surface area contributed by atoms with Gasteiger partial charge in [-0.1, -0.05) is 0 Å². The lowest BCUT2D eigenvalue weighted by Gasteiger charge is -2.22. The van der Waals surface area contributed by atoms with Gasteiger partial charge in [-0.15, -0.1) is 0 Å². The van der Waals surface area contributed by atoms with Crippen LogP contribution < -0.4 is 11.5 Å². The molecule has 0 rings (SSSR count). The van der Waals surface area contributed by atoms with Gasteiger partial charge in [0.15, 0.2) is 0 Å². The van der Waals surface area contributed by atoms with E-state index in [9.17, 15) is 4.79 Å². The van der Waals surface area contributed by atoms with Gasteiger partial charge in [0.25, 0.3) is 0 Å². The Hall–Kier alpha value is -1.01. The number of carboxylic acid groups (broad SMARTS) is 1. The van der Waals surface area contributed by atoms with Gasteiger partial charge in [-0.25, -0.2) is 0 Å². The maximum atomic E-state index is 10.4. The van der Waals surface area contributed by atoms with Gasteiger partial charge in [0.05, 0.1) is 125 Å². The summed E-state index contributed by atoms with van der Waals surface area (Å²) in [6.07, 6.45) is -0.00659. The van der Waals surface area contributed by atoms with Gasteiger partial charge in [-0.05, 0) is 0 Å². The van der Waals surface area contributed by atoms with Crippen molar-refractivity contribution in [3.63, 3.8) is 0 Å². The molecule has 0 aromatic rings. The Morgan fingerprint density at radius 2 is 0.692 bits per heavy atom. The first-order valence-corrected chi connectivity index (χ1v) is 13.7.